The van der Waals surface area contributed by atoms with Crippen molar-refractivity contribution in [3.8, 4) is 0 Å². The smallest absolute Gasteiger partial charge is 0.333 e. The molecule has 5 unspecified atom stereocenters. The number of amides is 4. The second-order valence-corrected chi connectivity index (χ2v) is 54.4. The van der Waals surface area contributed by atoms with Crippen molar-refractivity contribution >= 4 is 197 Å². The number of esters is 5. The molecule has 1 rings (SSSR count). The van der Waals surface area contributed by atoms with E-state index in [0.717, 1.165) is 19.3 Å². The van der Waals surface area contributed by atoms with E-state index in [1.165, 1.54) is 6.92 Å². The lowest BCUT2D eigenvalue weighted by Crippen LogP contribution is -2.39. The van der Waals surface area contributed by atoms with Gasteiger partial charge in [0.15, 0.2) is 6.10 Å². The number of hydrogen-bond donors (Lipinski definition) is 5. The van der Waals surface area contributed by atoms with Crippen LogP contribution in [0.4, 0.5) is 0 Å². The molecule has 132 heavy (non-hydrogen) atoms. The quantitative estimate of drug-likeness (QED) is 0.00718. The highest BCUT2D eigenvalue weighted by Crippen LogP contribution is 2.29. The van der Waals surface area contributed by atoms with E-state index in [1.54, 1.807) is 74.1 Å². The van der Waals surface area contributed by atoms with Crippen LogP contribution in [0.25, 0.3) is 0 Å². The van der Waals surface area contributed by atoms with Gasteiger partial charge < -0.3 is 54.7 Å². The van der Waals surface area contributed by atoms with Crippen LogP contribution in [0, 0.1) is 5.92 Å². The minimum Gasteiger partial charge on any atom is -0.462 e. The first-order chi connectivity index (χ1) is 60.1. The Morgan fingerprint density at radius 1 is 0.364 bits per heavy atom. The summed E-state index contributed by atoms with van der Waals surface area (Å²) in [7, 11) is 0. The molecule has 1 aliphatic rings. The van der Waals surface area contributed by atoms with Crippen LogP contribution in [0.5, 0.6) is 0 Å². The van der Waals surface area contributed by atoms with Gasteiger partial charge in [0.25, 0.3) is 0 Å². The largest absolute Gasteiger partial charge is 0.462 e. The van der Waals surface area contributed by atoms with Gasteiger partial charge in [-0.2, -0.15) is 0 Å². The van der Waals surface area contributed by atoms with Gasteiger partial charge in [-0.1, -0.05) is 189 Å². The highest BCUT2D eigenvalue weighted by molar-refractivity contribution is 9.11. The summed E-state index contributed by atoms with van der Waals surface area (Å²) >= 11 is 30.5. The standard InChI is InChI=1S/C16H29Br2NO5.C15H26Br2O6.C15H25BrO5.C12H20BrNO3.C11H19BrO5.C10H18BrNO3.C10H16BrNO3/c1-13(2)14(20)19(7-9-21-23-11-15(3,4)17)8-10-22-24-12-16(5,6)18;1-11(2)13(18)19-7-12(23-22-10-15(5,6)17)8-20-21-9-14(3,4)16;1-10(2)14(18)21-13-6-5-11(7-12(13)17)8-19-20-9-15(3,4)16;1-9(2)10(15)17-8-6-5-7-14-11(16)12(3,4)13;1-8(2)10(14)15-5-9(13)6-16-17-7-11(3,4)12;1-8(2)9(13)12-5-6-14-15-7-10(3,4)11;1-7(2)8(13)15-6-5-12-9(14)10(3,4)11/h1,7-12H2,2-6H3;12H,1,7-10H2,2-6H3;11-13,17H,1,5-9H2,2-4H3;1,5-8H2,2-4H3,(H,14,16);9,13H,1,5-7H2,2-4H3;1,5-7H2,2-4H3,(H,12,13);1,5-6H2,2-4H3,(H,12,14). The van der Waals surface area contributed by atoms with Crippen molar-refractivity contribution < 1.29 is 145 Å². The van der Waals surface area contributed by atoms with Gasteiger partial charge in [-0.05, 0) is 211 Å². The molecule has 0 spiro atoms. The zero-order valence-electron chi connectivity index (χ0n) is 82.1. The number of alkyl halides is 9. The number of nitrogens with one attached hydrogen (secondary N) is 3. The van der Waals surface area contributed by atoms with Crippen molar-refractivity contribution in [1.82, 2.24) is 20.9 Å². The van der Waals surface area contributed by atoms with E-state index in [0.29, 0.717) is 145 Å². The Morgan fingerprint density at radius 2 is 0.705 bits per heavy atom. The first kappa shape index (κ1) is 140. The maximum Gasteiger partial charge on any atom is 0.333 e. The van der Waals surface area contributed by atoms with Crippen LogP contribution in [0.2, 0.25) is 0 Å². The number of aliphatic hydroxyl groups excluding tert-OH is 2. The number of aliphatic hydroxyl groups is 2. The Balaban J connectivity index is -0.000000353. The van der Waals surface area contributed by atoms with Gasteiger partial charge in [0, 0.05) is 95.5 Å². The summed E-state index contributed by atoms with van der Waals surface area (Å²) in [5.74, 6) is -2.59. The minimum atomic E-state index is -0.920. The van der Waals surface area contributed by atoms with Gasteiger partial charge in [-0.3, -0.25) is 19.2 Å². The fraction of sp³-hybridized carbons (Fsp3) is 0.742. The van der Waals surface area contributed by atoms with Gasteiger partial charge in [-0.25, -0.2) is 92.4 Å². The summed E-state index contributed by atoms with van der Waals surface area (Å²) in [5, 5.41) is 27.5. The van der Waals surface area contributed by atoms with E-state index in [4.69, 9.17) is 92.1 Å². The fourth-order valence-corrected chi connectivity index (χ4v) is 8.14. The van der Waals surface area contributed by atoms with Crippen molar-refractivity contribution in [2.24, 2.45) is 5.92 Å². The van der Waals surface area contributed by atoms with Gasteiger partial charge in [0.1, 0.15) is 45.2 Å². The average Bonchev–Trinajstić information content (AvgIpc) is 0.858. The van der Waals surface area contributed by atoms with Crippen LogP contribution in [0.15, 0.2) is 85.1 Å². The number of ether oxygens (including phenoxy) is 5. The maximum atomic E-state index is 12.1. The van der Waals surface area contributed by atoms with E-state index in [9.17, 15) is 53.4 Å². The molecular weight excluding hydrogens is 2320 g/mol. The summed E-state index contributed by atoms with van der Waals surface area (Å²) in [5.41, 5.74) is 2.64. The van der Waals surface area contributed by atoms with Gasteiger partial charge in [0.2, 0.25) is 23.6 Å². The lowest BCUT2D eigenvalue weighted by molar-refractivity contribution is -0.371. The lowest BCUT2D eigenvalue weighted by Gasteiger charge is -2.32. The molecule has 0 bridgehead atoms. The molecule has 772 valence electrons. The van der Waals surface area contributed by atoms with Crippen molar-refractivity contribution in [2.75, 3.05) is 145 Å². The monoisotopic (exact) mass is 2470 g/mol. The summed E-state index contributed by atoms with van der Waals surface area (Å²) in [4.78, 5) is 174. The van der Waals surface area contributed by atoms with E-state index in [-0.39, 0.29) is 118 Å². The molecule has 0 aromatic carbocycles. The third-order valence-corrected chi connectivity index (χ3v) is 16.5. The Kier molecular flexibility index (Phi) is 79.4. The van der Waals surface area contributed by atoms with Crippen LogP contribution in [0.3, 0.4) is 0 Å². The second kappa shape index (κ2) is 75.0. The Morgan fingerprint density at radius 3 is 1.08 bits per heavy atom. The molecule has 5 atom stereocenters. The van der Waals surface area contributed by atoms with Gasteiger partial charge in [0.05, 0.1) is 101 Å². The van der Waals surface area contributed by atoms with Crippen LogP contribution in [-0.4, -0.2) is 277 Å². The van der Waals surface area contributed by atoms with Crippen molar-refractivity contribution in [3.05, 3.63) is 85.1 Å². The van der Waals surface area contributed by atoms with E-state index < -0.39 is 56.9 Å². The Bertz CT molecular complexity index is 3360. The SMILES string of the molecule is C=C(C)C(=O)N(CCOOCC(C)(C)Br)CCOOCC(C)(C)Br.C=C(C)C(=O)NCCOOCC(C)(C)Br.C=C(C)C(=O)OC1CCC(COOCC(C)(C)Br)CC1O.C=C(C)C(=O)OCC(COOCC(C)(C)Br)OOCC(C)(C)Br.C=C(C)C(=O)OCC(O)COOCC(C)(C)Br.C=C(C)C(=O)OCCCCNC(=O)C(C)(C)Br.C=C(C)C(=O)OCCNC(=O)C(C)(C)Br. The number of carbonyl (C=O) groups is 9. The zero-order valence-corrected chi connectivity index (χ0v) is 96.4. The normalized spacial score (nSPS) is 14.4. The number of nitrogens with zero attached hydrogens (tertiary/aromatic N) is 1. The summed E-state index contributed by atoms with van der Waals surface area (Å²) < 4.78 is 22.4. The highest BCUT2D eigenvalue weighted by Gasteiger charge is 2.33. The van der Waals surface area contributed by atoms with Crippen molar-refractivity contribution in [1.29, 1.82) is 0 Å². The predicted molar refractivity (Wildman–Crippen MR) is 541 cm³/mol. The number of carbonyl (C=O) groups excluding carboxylic acids is 9. The molecule has 0 aromatic rings. The molecule has 0 aromatic heterocycles. The first-order valence-electron chi connectivity index (χ1n) is 42.0. The molecule has 0 radical (unpaired) electrons. The number of halogens is 9. The average molecular weight is 2480 g/mol. The number of hydrogen-bond acceptors (Lipinski definition) is 30. The minimum absolute atomic E-state index is 0.0323. The predicted octanol–water partition coefficient (Wildman–Crippen LogP) is 17.1. The molecule has 0 heterocycles. The summed E-state index contributed by atoms with van der Waals surface area (Å²) in [6, 6.07) is 0. The molecule has 1 aliphatic carbocycles. The highest BCUT2D eigenvalue weighted by atomic mass is 79.9. The zero-order chi connectivity index (χ0) is 104. The van der Waals surface area contributed by atoms with Crippen LogP contribution < -0.4 is 16.0 Å². The first-order valence-corrected chi connectivity index (χ1v) is 49.1. The molecule has 0 aliphatic heterocycles. The van der Waals surface area contributed by atoms with E-state index in [1.807, 2.05) is 96.9 Å². The Labute approximate surface area is 860 Å². The van der Waals surface area contributed by atoms with Crippen molar-refractivity contribution in [2.45, 2.75) is 269 Å². The lowest BCUT2D eigenvalue weighted by atomic mass is 9.86. The molecule has 0 saturated heterocycles. The number of unbranched alkanes of at least 4 members (excludes halogenated alkanes) is 1. The summed E-state index contributed by atoms with van der Waals surface area (Å²) in [6.45, 7) is 76.6. The van der Waals surface area contributed by atoms with Crippen molar-refractivity contribution in [3.63, 3.8) is 0 Å². The fourth-order valence-electron chi connectivity index (χ4n) is 7.21. The molecule has 43 heteroatoms. The van der Waals surface area contributed by atoms with E-state index in [2.05, 4.69) is 205 Å². The molecule has 5 N–H and O–H groups in total. The molecule has 4 amide bonds. The van der Waals surface area contributed by atoms with Gasteiger partial charge in [-0.15, -0.1) is 0 Å². The topological polar surface area (TPSA) is 409 Å². The van der Waals surface area contributed by atoms with E-state index >= 15 is 0 Å². The molecular formula is C89H153Br9N4O30. The Hall–Kier alpha value is -2.91. The second-order valence-electron chi connectivity index (χ2n) is 35.4. The van der Waals surface area contributed by atoms with Crippen LogP contribution >= 0.6 is 143 Å². The van der Waals surface area contributed by atoms with Crippen LogP contribution in [0.1, 0.15) is 205 Å². The third-order valence-electron chi connectivity index (χ3n) is 14.2. The summed E-state index contributed by atoms with van der Waals surface area (Å²) in [6.07, 6.45) is 0.833. The molecule has 1 saturated carbocycles. The third kappa shape index (κ3) is 98.7. The number of rotatable bonds is 59. The van der Waals surface area contributed by atoms with Gasteiger partial charge >= 0.3 is 29.8 Å². The molecule has 1 fully saturated rings. The van der Waals surface area contributed by atoms with Crippen LogP contribution in [-0.2, 0) is 135 Å². The maximum absolute atomic E-state index is 12.1. The molecule has 34 nitrogen and oxygen atoms in total.